The number of amides is 1. The molecule has 0 saturated carbocycles. The number of para-hydroxylation sites is 2. The number of carbonyl (C=O) groups excluding carboxylic acids is 1. The molecule has 2 aromatic carbocycles. The maximum Gasteiger partial charge on any atom is 0.251 e. The molecule has 0 aromatic heterocycles. The van der Waals surface area contributed by atoms with Crippen LogP contribution in [0.25, 0.3) is 0 Å². The molecule has 0 radical (unpaired) electrons. The van der Waals surface area contributed by atoms with Crippen molar-refractivity contribution in [3.05, 3.63) is 65.4 Å². The number of nitrogens with one attached hydrogen (secondary N) is 3. The summed E-state index contributed by atoms with van der Waals surface area (Å²) in [6, 6.07) is 14.5. The van der Waals surface area contributed by atoms with Gasteiger partial charge in [-0.25, -0.2) is 0 Å². The van der Waals surface area contributed by atoms with Crippen molar-refractivity contribution in [1.29, 1.82) is 0 Å². The van der Waals surface area contributed by atoms with E-state index in [1.165, 1.54) is 0 Å². The minimum absolute atomic E-state index is 0.0686. The zero-order chi connectivity index (χ0) is 15.1. The summed E-state index contributed by atoms with van der Waals surface area (Å²) in [5, 5.41) is 19.1. The predicted octanol–water partition coefficient (Wildman–Crippen LogP) is 2.35. The van der Waals surface area contributed by atoms with E-state index in [0.29, 0.717) is 12.1 Å². The second-order valence-electron chi connectivity index (χ2n) is 5.41. The number of anilines is 2. The van der Waals surface area contributed by atoms with Crippen molar-refractivity contribution in [1.82, 2.24) is 5.32 Å². The van der Waals surface area contributed by atoms with Crippen LogP contribution in [-0.2, 0) is 4.79 Å². The summed E-state index contributed by atoms with van der Waals surface area (Å²) >= 11 is 0. The molecule has 5 nitrogen and oxygen atoms in total. The van der Waals surface area contributed by atoms with E-state index in [0.717, 1.165) is 22.6 Å². The van der Waals surface area contributed by atoms with Crippen molar-refractivity contribution in [3.8, 4) is 5.75 Å². The predicted molar refractivity (Wildman–Crippen MR) is 84.6 cm³/mol. The van der Waals surface area contributed by atoms with Crippen molar-refractivity contribution < 1.29 is 9.90 Å². The number of phenols is 1. The van der Waals surface area contributed by atoms with Gasteiger partial charge in [0, 0.05) is 5.70 Å². The van der Waals surface area contributed by atoms with Crippen LogP contribution in [0.4, 0.5) is 11.4 Å². The van der Waals surface area contributed by atoms with Crippen LogP contribution in [0.5, 0.6) is 5.75 Å². The smallest absolute Gasteiger partial charge is 0.251 e. The molecule has 0 aliphatic carbocycles. The number of hydrogen-bond donors (Lipinski definition) is 4. The Balaban J connectivity index is 1.85. The van der Waals surface area contributed by atoms with Crippen LogP contribution < -0.4 is 16.0 Å². The lowest BCUT2D eigenvalue weighted by atomic mass is 9.97. The number of aromatic hydroxyl groups is 1. The van der Waals surface area contributed by atoms with E-state index >= 15 is 0 Å². The topological polar surface area (TPSA) is 73.4 Å². The van der Waals surface area contributed by atoms with Gasteiger partial charge < -0.3 is 21.1 Å². The maximum absolute atomic E-state index is 12.3. The van der Waals surface area contributed by atoms with E-state index in [4.69, 9.17) is 0 Å². The lowest BCUT2D eigenvalue weighted by molar-refractivity contribution is -0.116. The van der Waals surface area contributed by atoms with Gasteiger partial charge in [0.05, 0.1) is 29.5 Å². The normalized spacial score (nSPS) is 19.5. The van der Waals surface area contributed by atoms with Gasteiger partial charge in [0.15, 0.2) is 0 Å². The Hall–Kier alpha value is -2.95. The number of rotatable bonds is 1. The molecular formula is C17H15N3O2. The number of carbonyl (C=O) groups is 1. The minimum Gasteiger partial charge on any atom is -0.508 e. The van der Waals surface area contributed by atoms with Gasteiger partial charge in [-0.15, -0.1) is 0 Å². The highest BCUT2D eigenvalue weighted by Crippen LogP contribution is 2.38. The second kappa shape index (κ2) is 4.80. The van der Waals surface area contributed by atoms with Crippen molar-refractivity contribution >= 4 is 17.3 Å². The van der Waals surface area contributed by atoms with Crippen LogP contribution in [0.1, 0.15) is 11.6 Å². The molecule has 2 heterocycles. The highest BCUT2D eigenvalue weighted by Gasteiger charge is 2.33. The lowest BCUT2D eigenvalue weighted by Gasteiger charge is -2.20. The highest BCUT2D eigenvalue weighted by molar-refractivity contribution is 6.00. The molecule has 0 fully saturated rings. The van der Waals surface area contributed by atoms with E-state index in [9.17, 15) is 9.90 Å². The molecule has 0 saturated heterocycles. The van der Waals surface area contributed by atoms with Gasteiger partial charge in [0.1, 0.15) is 5.75 Å². The Labute approximate surface area is 127 Å². The fraction of sp³-hybridized carbons (Fsp3) is 0.118. The van der Waals surface area contributed by atoms with Crippen LogP contribution in [-0.4, -0.2) is 17.6 Å². The van der Waals surface area contributed by atoms with Crippen LogP contribution >= 0.6 is 0 Å². The van der Waals surface area contributed by atoms with Crippen molar-refractivity contribution in [3.63, 3.8) is 0 Å². The molecule has 2 aliphatic heterocycles. The third-order valence-electron chi connectivity index (χ3n) is 4.02. The fourth-order valence-corrected chi connectivity index (χ4v) is 2.94. The number of hydrogen-bond acceptors (Lipinski definition) is 4. The van der Waals surface area contributed by atoms with Crippen LogP contribution in [0.15, 0.2) is 59.8 Å². The monoisotopic (exact) mass is 293 g/mol. The molecule has 2 aliphatic rings. The average Bonchev–Trinajstić information content (AvgIpc) is 2.79. The van der Waals surface area contributed by atoms with Crippen molar-refractivity contribution in [2.24, 2.45) is 0 Å². The first-order valence-electron chi connectivity index (χ1n) is 7.15. The third kappa shape index (κ3) is 1.98. The van der Waals surface area contributed by atoms with Gasteiger partial charge in [0.2, 0.25) is 0 Å². The molecule has 4 N–H and O–H groups in total. The Bertz CT molecular complexity index is 781. The zero-order valence-electron chi connectivity index (χ0n) is 11.8. The molecule has 0 spiro atoms. The van der Waals surface area contributed by atoms with Crippen molar-refractivity contribution in [2.45, 2.75) is 6.04 Å². The summed E-state index contributed by atoms with van der Waals surface area (Å²) in [5.41, 5.74) is 4.42. The summed E-state index contributed by atoms with van der Waals surface area (Å²) in [6.45, 7) is 0.499. The largest absolute Gasteiger partial charge is 0.508 e. The van der Waals surface area contributed by atoms with E-state index in [-0.39, 0.29) is 17.7 Å². The number of phenolic OH excluding ortho intramolecular Hbond substituents is 1. The van der Waals surface area contributed by atoms with Gasteiger partial charge in [-0.05, 0) is 29.8 Å². The molecule has 110 valence electrons. The molecule has 0 unspecified atom stereocenters. The molecule has 1 atom stereocenters. The van der Waals surface area contributed by atoms with E-state index in [2.05, 4.69) is 16.0 Å². The first-order chi connectivity index (χ1) is 10.7. The zero-order valence-corrected chi connectivity index (χ0v) is 11.8. The minimum atomic E-state index is -0.255. The number of fused-ring (bicyclic) bond motifs is 1. The quantitative estimate of drug-likeness (QED) is 0.651. The lowest BCUT2D eigenvalue weighted by Crippen LogP contribution is -2.23. The Morgan fingerprint density at radius 3 is 2.50 bits per heavy atom. The molecule has 2 aromatic rings. The Morgan fingerprint density at radius 2 is 1.73 bits per heavy atom. The molecule has 0 bridgehead atoms. The van der Waals surface area contributed by atoms with Gasteiger partial charge in [-0.3, -0.25) is 4.79 Å². The SMILES string of the molecule is O=C1NCC2=C1[C@@H](c1ccc(O)cc1)Nc1ccccc1N2. The standard InChI is InChI=1S/C17H15N3O2/c21-11-7-5-10(6-8-11)16-15-14(9-18-17(15)22)19-12-3-1-2-4-13(12)20-16/h1-8,16,19-21H,9H2,(H,18,22)/t16-/m1/s1. The Morgan fingerprint density at radius 1 is 1.00 bits per heavy atom. The molecule has 4 rings (SSSR count). The highest BCUT2D eigenvalue weighted by atomic mass is 16.3. The molecule has 5 heteroatoms. The molecular weight excluding hydrogens is 278 g/mol. The summed E-state index contributed by atoms with van der Waals surface area (Å²) in [7, 11) is 0. The average molecular weight is 293 g/mol. The fourth-order valence-electron chi connectivity index (χ4n) is 2.94. The van der Waals surface area contributed by atoms with Crippen LogP contribution in [0.2, 0.25) is 0 Å². The number of benzene rings is 2. The summed E-state index contributed by atoms with van der Waals surface area (Å²) < 4.78 is 0. The Kier molecular flexibility index (Phi) is 2.79. The molecule has 1 amide bonds. The van der Waals surface area contributed by atoms with Gasteiger partial charge in [-0.1, -0.05) is 24.3 Å². The van der Waals surface area contributed by atoms with Gasteiger partial charge in [0.25, 0.3) is 5.91 Å². The van der Waals surface area contributed by atoms with E-state index < -0.39 is 0 Å². The van der Waals surface area contributed by atoms with E-state index in [1.807, 2.05) is 36.4 Å². The van der Waals surface area contributed by atoms with Crippen LogP contribution in [0, 0.1) is 0 Å². The molecule has 22 heavy (non-hydrogen) atoms. The summed E-state index contributed by atoms with van der Waals surface area (Å²) in [4.78, 5) is 12.3. The third-order valence-corrected chi connectivity index (χ3v) is 4.02. The van der Waals surface area contributed by atoms with Crippen LogP contribution in [0.3, 0.4) is 0 Å². The first-order valence-corrected chi connectivity index (χ1v) is 7.15. The van der Waals surface area contributed by atoms with Gasteiger partial charge in [-0.2, -0.15) is 0 Å². The van der Waals surface area contributed by atoms with Crippen molar-refractivity contribution in [2.75, 3.05) is 17.2 Å². The summed E-state index contributed by atoms with van der Waals surface area (Å²) in [5.74, 6) is 0.141. The summed E-state index contributed by atoms with van der Waals surface area (Å²) in [6.07, 6.45) is 0. The first kappa shape index (κ1) is 12.8. The second-order valence-corrected chi connectivity index (χ2v) is 5.41. The van der Waals surface area contributed by atoms with Gasteiger partial charge >= 0.3 is 0 Å². The maximum atomic E-state index is 12.3. The van der Waals surface area contributed by atoms with E-state index in [1.54, 1.807) is 12.1 Å².